The first-order valence-electron chi connectivity index (χ1n) is 7.60. The fourth-order valence-electron chi connectivity index (χ4n) is 2.96. The van der Waals surface area contributed by atoms with Gasteiger partial charge in [0.1, 0.15) is 0 Å². The van der Waals surface area contributed by atoms with Gasteiger partial charge in [0.25, 0.3) is 0 Å². The van der Waals surface area contributed by atoms with Gasteiger partial charge in [0, 0.05) is 19.1 Å². The molecule has 0 radical (unpaired) electrons. The molecule has 112 valence electrons. The topological polar surface area (TPSA) is 49.4 Å². The molecule has 0 aromatic heterocycles. The Bertz CT molecular complexity index is 376. The lowest BCUT2D eigenvalue weighted by molar-refractivity contribution is 0.195. The zero-order valence-electron chi connectivity index (χ0n) is 12.3. The van der Waals surface area contributed by atoms with E-state index in [-0.39, 0.29) is 0 Å². The fourth-order valence-corrected chi connectivity index (χ4v) is 4.54. The number of nitrogens with one attached hydrogen (secondary N) is 1. The van der Waals surface area contributed by atoms with Crippen LogP contribution in [0.15, 0.2) is 0 Å². The van der Waals surface area contributed by atoms with Crippen molar-refractivity contribution < 1.29 is 8.42 Å². The van der Waals surface area contributed by atoms with Crippen LogP contribution < -0.4 is 5.32 Å². The van der Waals surface area contributed by atoms with Gasteiger partial charge in [-0.3, -0.25) is 0 Å². The minimum absolute atomic E-state index is 0.303. The van der Waals surface area contributed by atoms with Crippen LogP contribution in [0.1, 0.15) is 52.4 Å². The number of sulfonamides is 1. The molecule has 1 unspecified atom stereocenters. The second kappa shape index (κ2) is 6.10. The van der Waals surface area contributed by atoms with Gasteiger partial charge in [0.2, 0.25) is 10.0 Å². The summed E-state index contributed by atoms with van der Waals surface area (Å²) in [5.74, 6) is 0.311. The van der Waals surface area contributed by atoms with Crippen molar-refractivity contribution in [3.63, 3.8) is 0 Å². The molecule has 1 atom stereocenters. The Morgan fingerprint density at radius 2 is 1.89 bits per heavy atom. The summed E-state index contributed by atoms with van der Waals surface area (Å²) in [7, 11) is -3.04. The van der Waals surface area contributed by atoms with Gasteiger partial charge in [-0.15, -0.1) is 0 Å². The van der Waals surface area contributed by atoms with Gasteiger partial charge in [-0.2, -0.15) is 0 Å². The van der Waals surface area contributed by atoms with Gasteiger partial charge >= 0.3 is 0 Å². The van der Waals surface area contributed by atoms with Crippen LogP contribution in [0.5, 0.6) is 0 Å². The van der Waals surface area contributed by atoms with Crippen LogP contribution in [-0.4, -0.2) is 44.2 Å². The number of rotatable bonds is 4. The Kier molecular flexibility index (Phi) is 4.90. The van der Waals surface area contributed by atoms with Gasteiger partial charge in [-0.05, 0) is 44.1 Å². The predicted molar refractivity (Wildman–Crippen MR) is 78.6 cm³/mol. The lowest BCUT2D eigenvalue weighted by atomic mass is 9.83. The monoisotopic (exact) mass is 288 g/mol. The second-order valence-electron chi connectivity index (χ2n) is 6.81. The lowest BCUT2D eigenvalue weighted by Crippen LogP contribution is -2.43. The van der Waals surface area contributed by atoms with E-state index in [1.807, 2.05) is 0 Å². The quantitative estimate of drug-likeness (QED) is 0.860. The number of hydrogen-bond donors (Lipinski definition) is 1. The second-order valence-corrected chi connectivity index (χ2v) is 8.90. The molecule has 1 N–H and O–H groups in total. The molecule has 0 aliphatic carbocycles. The van der Waals surface area contributed by atoms with Crippen molar-refractivity contribution in [2.45, 2.75) is 58.4 Å². The van der Waals surface area contributed by atoms with E-state index in [0.29, 0.717) is 30.3 Å². The summed E-state index contributed by atoms with van der Waals surface area (Å²) < 4.78 is 26.4. The molecule has 2 aliphatic heterocycles. The summed E-state index contributed by atoms with van der Waals surface area (Å²) in [6, 6.07) is 0.407. The van der Waals surface area contributed by atoms with E-state index in [9.17, 15) is 8.42 Å². The van der Waals surface area contributed by atoms with Crippen molar-refractivity contribution in [1.29, 1.82) is 0 Å². The molecule has 4 nitrogen and oxygen atoms in total. The number of piperidine rings is 2. The average molecular weight is 288 g/mol. The third-order valence-electron chi connectivity index (χ3n) is 4.61. The summed E-state index contributed by atoms with van der Waals surface area (Å²) in [6.07, 6.45) is 6.31. The third kappa shape index (κ3) is 4.43. The fraction of sp³-hybridized carbons (Fsp3) is 1.00. The van der Waals surface area contributed by atoms with Gasteiger partial charge in [0.05, 0.1) is 5.75 Å². The molecule has 5 heteroatoms. The maximum Gasteiger partial charge on any atom is 0.214 e. The van der Waals surface area contributed by atoms with Crippen LogP contribution in [0.25, 0.3) is 0 Å². The van der Waals surface area contributed by atoms with E-state index in [0.717, 1.165) is 32.2 Å². The highest BCUT2D eigenvalue weighted by atomic mass is 32.2. The lowest BCUT2D eigenvalue weighted by Gasteiger charge is -2.36. The van der Waals surface area contributed by atoms with E-state index in [1.54, 1.807) is 4.31 Å². The van der Waals surface area contributed by atoms with Gasteiger partial charge < -0.3 is 5.32 Å². The smallest absolute Gasteiger partial charge is 0.214 e. The molecule has 0 aromatic carbocycles. The minimum Gasteiger partial charge on any atom is -0.314 e. The average Bonchev–Trinajstić information content (AvgIpc) is 2.37. The Labute approximate surface area is 118 Å². The highest BCUT2D eigenvalue weighted by Crippen LogP contribution is 2.31. The van der Waals surface area contributed by atoms with Crippen molar-refractivity contribution in [3.8, 4) is 0 Å². The normalized spacial score (nSPS) is 29.3. The molecule has 2 fully saturated rings. The van der Waals surface area contributed by atoms with Crippen LogP contribution in [-0.2, 0) is 10.0 Å². The molecule has 2 heterocycles. The summed E-state index contributed by atoms with van der Waals surface area (Å²) in [5.41, 5.74) is 0.303. The Morgan fingerprint density at radius 1 is 1.21 bits per heavy atom. The maximum atomic E-state index is 12.3. The Balaban J connectivity index is 1.81. The van der Waals surface area contributed by atoms with E-state index in [1.165, 1.54) is 12.8 Å². The van der Waals surface area contributed by atoms with E-state index < -0.39 is 10.0 Å². The van der Waals surface area contributed by atoms with Gasteiger partial charge in [0.15, 0.2) is 0 Å². The van der Waals surface area contributed by atoms with Crippen molar-refractivity contribution in [3.05, 3.63) is 0 Å². The van der Waals surface area contributed by atoms with Crippen molar-refractivity contribution >= 4 is 10.0 Å². The van der Waals surface area contributed by atoms with Gasteiger partial charge in [-0.1, -0.05) is 20.3 Å². The largest absolute Gasteiger partial charge is 0.314 e. The summed E-state index contributed by atoms with van der Waals surface area (Å²) in [4.78, 5) is 0. The first kappa shape index (κ1) is 15.3. The zero-order valence-corrected chi connectivity index (χ0v) is 13.1. The van der Waals surface area contributed by atoms with Gasteiger partial charge in [-0.25, -0.2) is 12.7 Å². The Hall–Kier alpha value is -0.130. The number of hydrogen-bond acceptors (Lipinski definition) is 3. The molecule has 2 rings (SSSR count). The van der Waals surface area contributed by atoms with Crippen molar-refractivity contribution in [1.82, 2.24) is 9.62 Å². The molecular formula is C14H28N2O2S. The van der Waals surface area contributed by atoms with Crippen LogP contribution in [0, 0.1) is 5.41 Å². The standard InChI is InChI=1S/C14H28N2O2S/c1-14(2)7-10-16(11-8-14)19(17,18)12-6-13-5-3-4-9-15-13/h13,15H,3-12H2,1-2H3. The van der Waals surface area contributed by atoms with Crippen LogP contribution in [0.2, 0.25) is 0 Å². The zero-order chi connectivity index (χ0) is 13.9. The first-order chi connectivity index (χ1) is 8.89. The van der Waals surface area contributed by atoms with Crippen molar-refractivity contribution in [2.75, 3.05) is 25.4 Å². The molecule has 19 heavy (non-hydrogen) atoms. The SMILES string of the molecule is CC1(C)CCN(S(=O)(=O)CCC2CCCCN2)CC1. The minimum atomic E-state index is -3.04. The summed E-state index contributed by atoms with van der Waals surface area (Å²) >= 11 is 0. The molecule has 2 aliphatic rings. The molecular weight excluding hydrogens is 260 g/mol. The molecule has 0 spiro atoms. The molecule has 0 bridgehead atoms. The Morgan fingerprint density at radius 3 is 2.47 bits per heavy atom. The predicted octanol–water partition coefficient (Wildman–Crippen LogP) is 1.97. The highest BCUT2D eigenvalue weighted by Gasteiger charge is 2.31. The maximum absolute atomic E-state index is 12.3. The molecule has 0 amide bonds. The molecule has 0 saturated carbocycles. The number of nitrogens with zero attached hydrogens (tertiary/aromatic N) is 1. The first-order valence-corrected chi connectivity index (χ1v) is 9.21. The van der Waals surface area contributed by atoms with Crippen molar-refractivity contribution in [2.24, 2.45) is 5.41 Å². The van der Waals surface area contributed by atoms with Crippen LogP contribution in [0.3, 0.4) is 0 Å². The van der Waals surface area contributed by atoms with E-state index >= 15 is 0 Å². The third-order valence-corrected chi connectivity index (χ3v) is 6.51. The molecule has 2 saturated heterocycles. The van der Waals surface area contributed by atoms with Crippen LogP contribution in [0.4, 0.5) is 0 Å². The van der Waals surface area contributed by atoms with E-state index in [4.69, 9.17) is 0 Å². The van der Waals surface area contributed by atoms with E-state index in [2.05, 4.69) is 19.2 Å². The summed E-state index contributed by atoms with van der Waals surface area (Å²) in [6.45, 7) is 6.90. The highest BCUT2D eigenvalue weighted by molar-refractivity contribution is 7.89. The molecule has 0 aromatic rings. The van der Waals surface area contributed by atoms with Crippen LogP contribution >= 0.6 is 0 Å². The summed E-state index contributed by atoms with van der Waals surface area (Å²) in [5, 5.41) is 3.42.